The molecular weight excluding hydrogens is 1480 g/mol. The number of rotatable bonds is 14. The molecule has 566 valence electrons. The van der Waals surface area contributed by atoms with Crippen molar-refractivity contribution in [1.82, 2.24) is 18.3 Å². The molecule has 0 fully saturated rings. The van der Waals surface area contributed by atoms with E-state index in [1.54, 1.807) is 0 Å². The molecule has 0 aliphatic rings. The zero-order valence-electron chi connectivity index (χ0n) is 66.3. The summed E-state index contributed by atoms with van der Waals surface area (Å²) in [5.74, 6) is 0. The molecule has 122 heavy (non-hydrogen) atoms. The minimum Gasteiger partial charge on any atom is -0.306 e. The lowest BCUT2D eigenvalue weighted by atomic mass is 9.90. The first kappa shape index (κ1) is 70.7. The molecule has 23 rings (SSSR count). The van der Waals surface area contributed by atoms with E-state index in [0.717, 1.165) is 198 Å². The highest BCUT2D eigenvalue weighted by Gasteiger charge is 2.37. The topological polar surface area (TPSA) is 67.3 Å². The summed E-state index contributed by atoms with van der Waals surface area (Å²) in [5, 5.41) is 35.5. The predicted octanol–water partition coefficient (Wildman–Crippen LogP) is 30.5. The highest BCUT2D eigenvalue weighted by atomic mass is 15.1. The number of fused-ring (bicyclic) bond motifs is 12. The van der Waals surface area contributed by atoms with Gasteiger partial charge >= 0.3 is 0 Å². The molecule has 0 unspecified atom stereocenters. The van der Waals surface area contributed by atoms with Crippen LogP contribution >= 0.6 is 0 Å². The van der Waals surface area contributed by atoms with Crippen LogP contribution in [-0.4, -0.2) is 18.3 Å². The van der Waals surface area contributed by atoms with E-state index in [-0.39, 0.29) is 11.1 Å². The second kappa shape index (κ2) is 29.2. The zero-order valence-corrected chi connectivity index (χ0v) is 66.3. The molecule has 0 spiro atoms. The monoisotopic (exact) mass is 1550 g/mol. The highest BCUT2D eigenvalue weighted by Crippen LogP contribution is 2.55. The van der Waals surface area contributed by atoms with E-state index in [0.29, 0.717) is 22.7 Å². The fourth-order valence-corrected chi connectivity index (χ4v) is 19.2. The van der Waals surface area contributed by atoms with E-state index < -0.39 is 0 Å². The van der Waals surface area contributed by atoms with Crippen molar-refractivity contribution in [1.29, 1.82) is 10.5 Å². The molecule has 4 heterocycles. The molecule has 6 nitrogen and oxygen atoms in total. The van der Waals surface area contributed by atoms with Crippen LogP contribution in [0.25, 0.3) is 221 Å². The van der Waals surface area contributed by atoms with Gasteiger partial charge in [-0.2, -0.15) is 10.5 Å². The lowest BCUT2D eigenvalue weighted by molar-refractivity contribution is 1.01. The molecule has 0 amide bonds. The Morgan fingerprint density at radius 3 is 0.525 bits per heavy atom. The number of nitrogens with zero attached hydrogens (tertiary/aromatic N) is 6. The summed E-state index contributed by atoms with van der Waals surface area (Å²) in [6.07, 6.45) is 0. The molecule has 0 radical (unpaired) electrons. The maximum Gasteiger partial charge on any atom is 0.103 e. The number of hydrogen-bond donors (Lipinski definition) is 0. The average Bonchev–Trinajstić information content (AvgIpc) is 1.50. The van der Waals surface area contributed by atoms with Crippen molar-refractivity contribution in [2.45, 2.75) is 0 Å². The first-order chi connectivity index (χ1) is 60.5. The third kappa shape index (κ3) is 11.6. The van der Waals surface area contributed by atoms with Crippen LogP contribution in [-0.2, 0) is 0 Å². The van der Waals surface area contributed by atoms with Crippen LogP contribution in [0.5, 0.6) is 0 Å². The van der Waals surface area contributed by atoms with Gasteiger partial charge in [0, 0.05) is 43.1 Å². The summed E-state index contributed by atoms with van der Waals surface area (Å²) in [4.78, 5) is 0. The summed E-state index contributed by atoms with van der Waals surface area (Å²) in [6, 6.07) is 164. The SMILES string of the molecule is N#Cc1c(C#N)c(-n2c3cc(-c4ccccc4)ccc3c3ccc(-c4ccccc4)cc32)c(-n2c3cc(-c4ccccc4)cc(-c4ccccc4)c3c3c(-c4ccccc4)cc(-c4ccccc4)cc32)c(-n2c3cc(-c4ccccc4)ccc3c3ccc(-c4ccccc4)cc32)c1-n1c2cc(-c3ccccc3)ccc2c2ccc(-c3ccccc3)cc21. The molecule has 6 heteroatoms. The Balaban J connectivity index is 1.06. The fourth-order valence-electron chi connectivity index (χ4n) is 19.2. The summed E-state index contributed by atoms with van der Waals surface area (Å²) in [7, 11) is 0. The van der Waals surface area contributed by atoms with Gasteiger partial charge in [-0.1, -0.05) is 376 Å². The molecule has 0 N–H and O–H groups in total. The Morgan fingerprint density at radius 2 is 0.320 bits per heavy atom. The summed E-state index contributed by atoms with van der Waals surface area (Å²) in [6.45, 7) is 0. The van der Waals surface area contributed by atoms with Crippen molar-refractivity contribution in [2.24, 2.45) is 0 Å². The first-order valence-corrected chi connectivity index (χ1v) is 41.5. The number of hydrogen-bond acceptors (Lipinski definition) is 2. The first-order valence-electron chi connectivity index (χ1n) is 41.5. The Morgan fingerprint density at radius 1 is 0.148 bits per heavy atom. The van der Waals surface area contributed by atoms with Gasteiger partial charge in [-0.3, -0.25) is 0 Å². The summed E-state index contributed by atoms with van der Waals surface area (Å²) < 4.78 is 9.82. The Kier molecular flexibility index (Phi) is 16.9. The van der Waals surface area contributed by atoms with Crippen molar-refractivity contribution in [3.8, 4) is 146 Å². The third-order valence-electron chi connectivity index (χ3n) is 24.8. The Labute approximate surface area is 705 Å². The Hall–Kier alpha value is -16.6. The molecule has 23 aromatic rings. The van der Waals surface area contributed by atoms with Crippen LogP contribution in [0, 0.1) is 22.7 Å². The number of nitriles is 2. The van der Waals surface area contributed by atoms with Gasteiger partial charge in [0.25, 0.3) is 0 Å². The van der Waals surface area contributed by atoms with E-state index in [9.17, 15) is 10.5 Å². The van der Waals surface area contributed by atoms with E-state index in [4.69, 9.17) is 0 Å². The van der Waals surface area contributed by atoms with Gasteiger partial charge in [-0.15, -0.1) is 0 Å². The summed E-state index contributed by atoms with van der Waals surface area (Å²) in [5.41, 5.74) is 29.9. The van der Waals surface area contributed by atoms with Gasteiger partial charge in [0.1, 0.15) is 12.1 Å². The predicted molar refractivity (Wildman–Crippen MR) is 508 cm³/mol. The van der Waals surface area contributed by atoms with E-state index >= 15 is 0 Å². The van der Waals surface area contributed by atoms with Gasteiger partial charge in [-0.25, -0.2) is 0 Å². The van der Waals surface area contributed by atoms with Crippen LogP contribution in [0.1, 0.15) is 11.1 Å². The van der Waals surface area contributed by atoms with Gasteiger partial charge in [0.2, 0.25) is 0 Å². The second-order valence-corrected chi connectivity index (χ2v) is 31.6. The number of aromatic nitrogens is 4. The molecule has 0 bridgehead atoms. The lowest BCUT2D eigenvalue weighted by Gasteiger charge is -2.28. The summed E-state index contributed by atoms with van der Waals surface area (Å²) >= 11 is 0. The maximum absolute atomic E-state index is 13.8. The third-order valence-corrected chi connectivity index (χ3v) is 24.8. The maximum atomic E-state index is 13.8. The lowest BCUT2D eigenvalue weighted by Crippen LogP contribution is -2.17. The van der Waals surface area contributed by atoms with Crippen molar-refractivity contribution < 1.29 is 0 Å². The largest absolute Gasteiger partial charge is 0.306 e. The molecular formula is C116H72N6. The highest BCUT2D eigenvalue weighted by molar-refractivity contribution is 6.24. The second-order valence-electron chi connectivity index (χ2n) is 31.6. The van der Waals surface area contributed by atoms with Crippen LogP contribution in [0.15, 0.2) is 437 Å². The molecule has 0 saturated carbocycles. The minimum atomic E-state index is 0.180. The standard InChI is InChI=1S/C116H72N6/c117-73-101-102(74-118)114(120-105-67-87(77-35-15-3-16-36-77)53-59-95(105)96-60-54-88(68-106(96)120)78-37-17-4-18-38-78)116(122-109-71-91(81-43-23-7-24-44-81)63-99(83-47-27-9-28-48-83)111(109)112-100(84-49-29-10-30-50-84)64-92(72-110(112)122)82-45-25-8-26-46-82)115(121-107-69-89(79-39-19-5-20-40-79)55-61-97(107)98-62-56-90(70-108(98)121)80-41-21-6-22-42-80)113(101)119-103-65-85(75-31-11-1-12-32-75)51-57-93(103)94-58-52-86(66-104(94)119)76-33-13-2-14-34-76/h1-72H. The van der Waals surface area contributed by atoms with E-state index in [1.807, 2.05) is 0 Å². The zero-order chi connectivity index (χ0) is 80.9. The Bertz CT molecular complexity index is 7750. The van der Waals surface area contributed by atoms with Gasteiger partial charge in [-0.05, 0) is 172 Å². The number of benzene rings is 19. The van der Waals surface area contributed by atoms with Gasteiger partial charge in [0.05, 0.1) is 78.0 Å². The van der Waals surface area contributed by atoms with E-state index in [1.165, 1.54) is 0 Å². The molecule has 0 aliphatic heterocycles. The van der Waals surface area contributed by atoms with Crippen LogP contribution in [0.3, 0.4) is 0 Å². The van der Waals surface area contributed by atoms with Gasteiger partial charge in [0.15, 0.2) is 0 Å². The van der Waals surface area contributed by atoms with Crippen molar-refractivity contribution in [3.63, 3.8) is 0 Å². The van der Waals surface area contributed by atoms with Crippen LogP contribution in [0.4, 0.5) is 0 Å². The normalized spacial score (nSPS) is 11.6. The quantitative estimate of drug-likeness (QED) is 0.109. The molecule has 0 atom stereocenters. The minimum absolute atomic E-state index is 0.180. The van der Waals surface area contributed by atoms with E-state index in [2.05, 4.69) is 467 Å². The molecule has 19 aromatic carbocycles. The average molecular weight is 1550 g/mol. The van der Waals surface area contributed by atoms with Crippen molar-refractivity contribution in [3.05, 3.63) is 448 Å². The van der Waals surface area contributed by atoms with Crippen LogP contribution < -0.4 is 0 Å². The van der Waals surface area contributed by atoms with Crippen molar-refractivity contribution in [2.75, 3.05) is 0 Å². The molecule has 0 saturated heterocycles. The van der Waals surface area contributed by atoms with Crippen LogP contribution in [0.2, 0.25) is 0 Å². The molecule has 0 aliphatic carbocycles. The van der Waals surface area contributed by atoms with Gasteiger partial charge < -0.3 is 18.3 Å². The fraction of sp³-hybridized carbons (Fsp3) is 0. The van der Waals surface area contributed by atoms with Crippen molar-refractivity contribution >= 4 is 87.2 Å². The molecule has 4 aromatic heterocycles. The smallest absolute Gasteiger partial charge is 0.103 e.